The average molecular weight is 435 g/mol. The van der Waals surface area contributed by atoms with Crippen molar-refractivity contribution < 1.29 is 26.3 Å². The molecule has 9 heteroatoms. The molecule has 3 N–H and O–H groups in total. The zero-order valence-corrected chi connectivity index (χ0v) is 15.8. The smallest absolute Gasteiger partial charge is 0.354 e. The van der Waals surface area contributed by atoms with Gasteiger partial charge in [-0.05, 0) is 61.2 Å². The monoisotopic (exact) mass is 434 g/mol. The largest absolute Gasteiger partial charge is 0.418 e. The Kier molecular flexibility index (Phi) is 5.87. The van der Waals surface area contributed by atoms with Crippen LogP contribution in [0.5, 0.6) is 0 Å². The number of nitrogens with two attached hydrogens (primary N) is 1. The van der Waals surface area contributed by atoms with Crippen LogP contribution >= 0.6 is 11.6 Å². The first kappa shape index (κ1) is 21.5. The van der Waals surface area contributed by atoms with Gasteiger partial charge < -0.3 is 10.7 Å². The number of halogens is 7. The summed E-state index contributed by atoms with van der Waals surface area (Å²) in [6.45, 7) is 0.416. The molecule has 0 radical (unpaired) electrons. The Hall–Kier alpha value is -2.19. The van der Waals surface area contributed by atoms with Crippen LogP contribution < -0.4 is 5.73 Å². The summed E-state index contributed by atoms with van der Waals surface area (Å²) in [5.41, 5.74) is 4.82. The van der Waals surface area contributed by atoms with E-state index in [-0.39, 0.29) is 15.9 Å². The third-order valence-corrected chi connectivity index (χ3v) is 5.01. The number of alkyl halides is 6. The number of H-pyrrole nitrogens is 1. The van der Waals surface area contributed by atoms with E-state index in [1.54, 1.807) is 0 Å². The number of rotatable bonds is 5. The van der Waals surface area contributed by atoms with Crippen molar-refractivity contribution in [1.82, 2.24) is 4.98 Å². The Balaban J connectivity index is 2.22. The molecule has 3 aromatic rings. The van der Waals surface area contributed by atoms with Gasteiger partial charge in [0, 0.05) is 11.1 Å². The van der Waals surface area contributed by atoms with Gasteiger partial charge in [0.25, 0.3) is 0 Å². The molecule has 29 heavy (non-hydrogen) atoms. The van der Waals surface area contributed by atoms with Gasteiger partial charge in [0.2, 0.25) is 0 Å². The first-order valence-electron chi connectivity index (χ1n) is 8.82. The van der Waals surface area contributed by atoms with Crippen LogP contribution in [-0.4, -0.2) is 11.5 Å². The molecule has 0 saturated carbocycles. The van der Waals surface area contributed by atoms with E-state index in [4.69, 9.17) is 17.3 Å². The first-order chi connectivity index (χ1) is 13.5. The second-order valence-electron chi connectivity index (χ2n) is 6.64. The second-order valence-corrected chi connectivity index (χ2v) is 7.05. The summed E-state index contributed by atoms with van der Waals surface area (Å²) in [7, 11) is 0. The lowest BCUT2D eigenvalue weighted by molar-refractivity contribution is -0.138. The van der Waals surface area contributed by atoms with Crippen molar-refractivity contribution in [1.29, 1.82) is 0 Å². The average Bonchev–Trinajstić information content (AvgIpc) is 3.01. The fraction of sp³-hybridized carbons (Fsp3) is 0.300. The van der Waals surface area contributed by atoms with E-state index in [1.165, 1.54) is 18.2 Å². The molecule has 0 bridgehead atoms. The predicted molar refractivity (Wildman–Crippen MR) is 101 cm³/mol. The lowest BCUT2D eigenvalue weighted by Crippen LogP contribution is -2.05. The van der Waals surface area contributed by atoms with Crippen molar-refractivity contribution in [3.8, 4) is 11.3 Å². The predicted octanol–water partition coefficient (Wildman–Crippen LogP) is 6.81. The van der Waals surface area contributed by atoms with E-state index in [1.807, 2.05) is 0 Å². The van der Waals surface area contributed by atoms with Gasteiger partial charge in [0.1, 0.15) is 0 Å². The van der Waals surface area contributed by atoms with Crippen LogP contribution in [0.15, 0.2) is 36.4 Å². The molecule has 1 heterocycles. The van der Waals surface area contributed by atoms with Gasteiger partial charge in [0.05, 0.1) is 21.7 Å². The maximum absolute atomic E-state index is 13.5. The van der Waals surface area contributed by atoms with Crippen molar-refractivity contribution in [3.05, 3.63) is 58.1 Å². The molecule has 0 aliphatic rings. The van der Waals surface area contributed by atoms with Gasteiger partial charge in [-0.1, -0.05) is 23.7 Å². The molecule has 0 aliphatic carbocycles. The standard InChI is InChI=1S/C20H17ClF6N2/c21-15-9-8-14(20(25,26)27)18-16(15)13(3-1-2-10-28)17(29-18)11-4-6-12(7-5-11)19(22,23)24/h4-9,29H,1-3,10,28H2. The molecule has 2 aromatic carbocycles. The van der Waals surface area contributed by atoms with Crippen LogP contribution in [0.3, 0.4) is 0 Å². The highest BCUT2D eigenvalue weighted by Gasteiger charge is 2.35. The molecule has 0 fully saturated rings. The fourth-order valence-corrected chi connectivity index (χ4v) is 3.60. The summed E-state index contributed by atoms with van der Waals surface area (Å²) < 4.78 is 79.0. The van der Waals surface area contributed by atoms with Crippen LogP contribution in [0.1, 0.15) is 29.5 Å². The van der Waals surface area contributed by atoms with Crippen LogP contribution in [-0.2, 0) is 18.8 Å². The Morgan fingerprint density at radius 1 is 0.862 bits per heavy atom. The number of aromatic nitrogens is 1. The molecule has 0 aliphatic heterocycles. The van der Waals surface area contributed by atoms with E-state index in [0.29, 0.717) is 42.6 Å². The summed E-state index contributed by atoms with van der Waals surface area (Å²) in [4.78, 5) is 2.76. The van der Waals surface area contributed by atoms with Crippen molar-refractivity contribution in [2.24, 2.45) is 5.73 Å². The second kappa shape index (κ2) is 7.91. The molecule has 2 nitrogen and oxygen atoms in total. The van der Waals surface area contributed by atoms with Gasteiger partial charge in [-0.25, -0.2) is 0 Å². The van der Waals surface area contributed by atoms with Gasteiger partial charge >= 0.3 is 12.4 Å². The Morgan fingerprint density at radius 3 is 2.07 bits per heavy atom. The highest BCUT2D eigenvalue weighted by molar-refractivity contribution is 6.36. The van der Waals surface area contributed by atoms with E-state index >= 15 is 0 Å². The lowest BCUT2D eigenvalue weighted by Gasteiger charge is -2.09. The Labute approximate surface area is 167 Å². The van der Waals surface area contributed by atoms with E-state index in [9.17, 15) is 26.3 Å². The van der Waals surface area contributed by atoms with Crippen molar-refractivity contribution in [3.63, 3.8) is 0 Å². The quantitative estimate of drug-likeness (QED) is 0.336. The van der Waals surface area contributed by atoms with Crippen LogP contribution in [0, 0.1) is 0 Å². The maximum atomic E-state index is 13.5. The van der Waals surface area contributed by atoms with E-state index < -0.39 is 23.5 Å². The SMILES string of the molecule is NCCCCc1c(-c2ccc(C(F)(F)F)cc2)[nH]c2c(C(F)(F)F)ccc(Cl)c12. The van der Waals surface area contributed by atoms with Crippen LogP contribution in [0.4, 0.5) is 26.3 Å². The van der Waals surface area contributed by atoms with Gasteiger partial charge in [0.15, 0.2) is 0 Å². The maximum Gasteiger partial charge on any atom is 0.418 e. The molecule has 0 atom stereocenters. The topological polar surface area (TPSA) is 41.8 Å². The van der Waals surface area contributed by atoms with Crippen molar-refractivity contribution in [2.45, 2.75) is 31.6 Å². The Morgan fingerprint density at radius 2 is 1.52 bits per heavy atom. The third kappa shape index (κ3) is 4.38. The van der Waals surface area contributed by atoms with Gasteiger partial charge in [-0.15, -0.1) is 0 Å². The van der Waals surface area contributed by atoms with Crippen molar-refractivity contribution >= 4 is 22.5 Å². The fourth-order valence-electron chi connectivity index (χ4n) is 3.33. The number of aryl methyl sites for hydroxylation is 1. The molecule has 156 valence electrons. The first-order valence-corrected chi connectivity index (χ1v) is 9.19. The Bertz CT molecular complexity index is 1000. The zero-order valence-electron chi connectivity index (χ0n) is 15.0. The minimum atomic E-state index is -4.61. The van der Waals surface area contributed by atoms with Gasteiger partial charge in [-0.3, -0.25) is 0 Å². The van der Waals surface area contributed by atoms with Gasteiger partial charge in [-0.2, -0.15) is 26.3 Å². The summed E-state index contributed by atoms with van der Waals surface area (Å²) in [5.74, 6) is 0. The van der Waals surface area contributed by atoms with Crippen molar-refractivity contribution in [2.75, 3.05) is 6.54 Å². The summed E-state index contributed by atoms with van der Waals surface area (Å²) in [5, 5.41) is 0.374. The normalized spacial score (nSPS) is 12.7. The number of aromatic amines is 1. The summed E-state index contributed by atoms with van der Waals surface area (Å²) in [6, 6.07) is 6.35. The molecule has 0 saturated heterocycles. The van der Waals surface area contributed by atoms with Crippen LogP contribution in [0.25, 0.3) is 22.2 Å². The van der Waals surface area contributed by atoms with E-state index in [0.717, 1.165) is 18.2 Å². The highest BCUT2D eigenvalue weighted by atomic mass is 35.5. The van der Waals surface area contributed by atoms with Crippen LogP contribution in [0.2, 0.25) is 5.02 Å². The molecular weight excluding hydrogens is 418 g/mol. The summed E-state index contributed by atoms with van der Waals surface area (Å²) >= 11 is 6.22. The number of benzene rings is 2. The highest BCUT2D eigenvalue weighted by Crippen LogP contribution is 2.42. The minimum Gasteiger partial charge on any atom is -0.354 e. The molecule has 3 rings (SSSR count). The number of unbranched alkanes of at least 4 members (excludes halogenated alkanes) is 1. The summed E-state index contributed by atoms with van der Waals surface area (Å²) in [6.07, 6.45) is -7.48. The number of hydrogen-bond donors (Lipinski definition) is 2. The number of fused-ring (bicyclic) bond motifs is 1. The third-order valence-electron chi connectivity index (χ3n) is 4.70. The minimum absolute atomic E-state index is 0.144. The molecule has 1 aromatic heterocycles. The molecule has 0 unspecified atom stereocenters. The molecule has 0 spiro atoms. The lowest BCUT2D eigenvalue weighted by atomic mass is 9.98. The van der Waals surface area contributed by atoms with E-state index in [2.05, 4.69) is 4.98 Å². The zero-order chi connectivity index (χ0) is 21.4. The number of hydrogen-bond acceptors (Lipinski definition) is 1. The molecular formula is C20H17ClF6N2. The molecule has 0 amide bonds. The number of nitrogens with one attached hydrogen (secondary N) is 1.